The van der Waals surface area contributed by atoms with Gasteiger partial charge in [-0.05, 0) is 42.0 Å². The van der Waals surface area contributed by atoms with Gasteiger partial charge in [0, 0.05) is 18.6 Å². The summed E-state index contributed by atoms with van der Waals surface area (Å²) in [5.74, 6) is 0.148. The Kier molecular flexibility index (Phi) is 5.40. The maximum absolute atomic E-state index is 13.4. The van der Waals surface area contributed by atoms with Gasteiger partial charge in [-0.15, -0.1) is 12.4 Å². The highest BCUT2D eigenvalue weighted by atomic mass is 35.5. The van der Waals surface area contributed by atoms with Crippen LogP contribution in [0.15, 0.2) is 48.5 Å². The fraction of sp³-hybridized carbons (Fsp3) is 0.409. The van der Waals surface area contributed by atoms with Crippen molar-refractivity contribution in [1.82, 2.24) is 4.90 Å². The molecule has 0 saturated heterocycles. The molecule has 2 unspecified atom stereocenters. The Hall–Kier alpha value is -1.84. The van der Waals surface area contributed by atoms with E-state index in [2.05, 4.69) is 55.5 Å². The van der Waals surface area contributed by atoms with Crippen LogP contribution in [0.4, 0.5) is 0 Å². The van der Waals surface area contributed by atoms with E-state index >= 15 is 0 Å². The van der Waals surface area contributed by atoms with Crippen molar-refractivity contribution >= 4 is 18.3 Å². The maximum atomic E-state index is 13.4. The molecule has 0 radical (unpaired) electrons. The predicted octanol–water partition coefficient (Wildman–Crippen LogP) is 4.53. The second-order valence-corrected chi connectivity index (χ2v) is 7.81. The molecule has 0 aromatic heterocycles. The Labute approximate surface area is 162 Å². The second kappa shape index (κ2) is 7.42. The smallest absolute Gasteiger partial charge is 0.228 e. The van der Waals surface area contributed by atoms with Crippen molar-refractivity contribution in [3.63, 3.8) is 0 Å². The summed E-state index contributed by atoms with van der Waals surface area (Å²) < 4.78 is 0. The average molecular weight is 371 g/mol. The molecule has 26 heavy (non-hydrogen) atoms. The van der Waals surface area contributed by atoms with Crippen molar-refractivity contribution in [2.24, 2.45) is 11.7 Å². The third-order valence-corrected chi connectivity index (χ3v) is 5.91. The van der Waals surface area contributed by atoms with Crippen LogP contribution in [0.1, 0.15) is 43.7 Å². The standard InChI is InChI=1S/C22H26N2O.ClH/c1-22(23)13-7-6-12-20(22)21(25)24-14-16-8-2-4-10-18(16)19-11-5-3-9-17(19)15-24;/h2-5,8-11,20H,6-7,12-15,23H2,1H3;1H. The summed E-state index contributed by atoms with van der Waals surface area (Å²) in [5.41, 5.74) is 11.0. The summed E-state index contributed by atoms with van der Waals surface area (Å²) in [4.78, 5) is 15.4. The molecule has 2 N–H and O–H groups in total. The quantitative estimate of drug-likeness (QED) is 0.801. The Bertz CT molecular complexity index is 755. The Balaban J connectivity index is 0.00000196. The Morgan fingerprint density at radius 1 is 1.00 bits per heavy atom. The van der Waals surface area contributed by atoms with Crippen molar-refractivity contribution < 1.29 is 4.79 Å². The van der Waals surface area contributed by atoms with E-state index in [1.165, 1.54) is 22.3 Å². The summed E-state index contributed by atoms with van der Waals surface area (Å²) in [7, 11) is 0. The van der Waals surface area contributed by atoms with E-state index in [0.717, 1.165) is 25.7 Å². The first-order valence-electron chi connectivity index (χ1n) is 9.30. The van der Waals surface area contributed by atoms with Crippen LogP contribution in [0.2, 0.25) is 0 Å². The molecular formula is C22H27ClN2O. The lowest BCUT2D eigenvalue weighted by molar-refractivity contribution is -0.140. The number of fused-ring (bicyclic) bond motifs is 3. The summed E-state index contributed by atoms with van der Waals surface area (Å²) in [6.45, 7) is 3.38. The molecule has 3 nitrogen and oxygen atoms in total. The summed E-state index contributed by atoms with van der Waals surface area (Å²) in [6, 6.07) is 16.9. The highest BCUT2D eigenvalue weighted by molar-refractivity contribution is 5.85. The highest BCUT2D eigenvalue weighted by Crippen LogP contribution is 2.37. The third kappa shape index (κ3) is 3.38. The first-order chi connectivity index (χ1) is 12.1. The van der Waals surface area contributed by atoms with Gasteiger partial charge >= 0.3 is 0 Å². The number of nitrogens with zero attached hydrogens (tertiary/aromatic N) is 1. The number of nitrogens with two attached hydrogens (primary N) is 1. The van der Waals surface area contributed by atoms with Crippen LogP contribution in [-0.2, 0) is 17.9 Å². The molecule has 0 bridgehead atoms. The zero-order valence-electron chi connectivity index (χ0n) is 15.3. The number of benzene rings is 2. The molecule has 2 aromatic carbocycles. The van der Waals surface area contributed by atoms with Crippen LogP contribution in [0, 0.1) is 5.92 Å². The van der Waals surface area contributed by atoms with Gasteiger partial charge in [-0.3, -0.25) is 4.79 Å². The van der Waals surface area contributed by atoms with Crippen molar-refractivity contribution in [2.75, 3.05) is 0 Å². The van der Waals surface area contributed by atoms with Gasteiger partial charge in [0.1, 0.15) is 0 Å². The number of hydrogen-bond acceptors (Lipinski definition) is 2. The van der Waals surface area contributed by atoms with E-state index in [1.807, 2.05) is 4.90 Å². The molecule has 138 valence electrons. The molecule has 4 heteroatoms. The number of amides is 1. The van der Waals surface area contributed by atoms with Crippen LogP contribution in [0.25, 0.3) is 11.1 Å². The number of hydrogen-bond donors (Lipinski definition) is 1. The average Bonchev–Trinajstić information content (AvgIpc) is 2.78. The lowest BCUT2D eigenvalue weighted by Crippen LogP contribution is -2.53. The van der Waals surface area contributed by atoms with Crippen LogP contribution in [-0.4, -0.2) is 16.3 Å². The van der Waals surface area contributed by atoms with Gasteiger partial charge in [0.05, 0.1) is 5.92 Å². The van der Waals surface area contributed by atoms with Crippen molar-refractivity contribution in [3.05, 3.63) is 59.7 Å². The summed E-state index contributed by atoms with van der Waals surface area (Å²) in [6.07, 6.45) is 4.07. The van der Waals surface area contributed by atoms with Gasteiger partial charge in [-0.2, -0.15) is 0 Å². The van der Waals surface area contributed by atoms with Gasteiger partial charge in [0.15, 0.2) is 0 Å². The molecule has 0 spiro atoms. The zero-order chi connectivity index (χ0) is 17.4. The minimum absolute atomic E-state index is 0. The lowest BCUT2D eigenvalue weighted by Gasteiger charge is -2.40. The van der Waals surface area contributed by atoms with Gasteiger partial charge in [-0.1, -0.05) is 61.4 Å². The molecule has 1 amide bonds. The Morgan fingerprint density at radius 3 is 2.08 bits per heavy atom. The SMILES string of the molecule is CC1(N)CCCCC1C(=O)N1Cc2ccccc2-c2ccccc2C1.Cl. The van der Waals surface area contributed by atoms with E-state index in [9.17, 15) is 4.79 Å². The van der Waals surface area contributed by atoms with Gasteiger partial charge < -0.3 is 10.6 Å². The molecule has 4 rings (SSSR count). The second-order valence-electron chi connectivity index (χ2n) is 7.81. The van der Waals surface area contributed by atoms with E-state index in [0.29, 0.717) is 13.1 Å². The molecule has 2 aliphatic rings. The van der Waals surface area contributed by atoms with E-state index in [-0.39, 0.29) is 29.8 Å². The largest absolute Gasteiger partial charge is 0.334 e. The first kappa shape index (κ1) is 18.9. The third-order valence-electron chi connectivity index (χ3n) is 5.91. The molecule has 1 aliphatic carbocycles. The molecule has 1 saturated carbocycles. The number of carbonyl (C=O) groups excluding carboxylic acids is 1. The molecule has 2 aromatic rings. The zero-order valence-corrected chi connectivity index (χ0v) is 16.1. The molecule has 1 heterocycles. The maximum Gasteiger partial charge on any atom is 0.228 e. The highest BCUT2D eigenvalue weighted by Gasteiger charge is 2.40. The summed E-state index contributed by atoms with van der Waals surface area (Å²) in [5, 5.41) is 0. The molecule has 2 atom stereocenters. The molecule has 1 fully saturated rings. The topological polar surface area (TPSA) is 46.3 Å². The monoisotopic (exact) mass is 370 g/mol. The van der Waals surface area contributed by atoms with Crippen molar-refractivity contribution in [2.45, 2.75) is 51.2 Å². The van der Waals surface area contributed by atoms with E-state index in [1.54, 1.807) is 0 Å². The lowest BCUT2D eigenvalue weighted by atomic mass is 9.74. The number of halogens is 1. The predicted molar refractivity (Wildman–Crippen MR) is 108 cm³/mol. The molecule has 1 aliphatic heterocycles. The first-order valence-corrected chi connectivity index (χ1v) is 9.30. The minimum atomic E-state index is -0.388. The van der Waals surface area contributed by atoms with Crippen LogP contribution < -0.4 is 5.73 Å². The Morgan fingerprint density at radius 2 is 1.54 bits per heavy atom. The van der Waals surface area contributed by atoms with Crippen molar-refractivity contribution in [3.8, 4) is 11.1 Å². The van der Waals surface area contributed by atoms with Crippen LogP contribution >= 0.6 is 12.4 Å². The fourth-order valence-corrected chi connectivity index (χ4v) is 4.45. The van der Waals surface area contributed by atoms with Gasteiger partial charge in [0.2, 0.25) is 5.91 Å². The van der Waals surface area contributed by atoms with Crippen molar-refractivity contribution in [1.29, 1.82) is 0 Å². The minimum Gasteiger partial charge on any atom is -0.334 e. The van der Waals surface area contributed by atoms with Gasteiger partial charge in [-0.25, -0.2) is 0 Å². The van der Waals surface area contributed by atoms with E-state index in [4.69, 9.17) is 5.73 Å². The summed E-state index contributed by atoms with van der Waals surface area (Å²) >= 11 is 0. The number of rotatable bonds is 1. The van der Waals surface area contributed by atoms with E-state index < -0.39 is 0 Å². The number of carbonyl (C=O) groups is 1. The fourth-order valence-electron chi connectivity index (χ4n) is 4.45. The normalized spacial score (nSPS) is 24.7. The molecular weight excluding hydrogens is 344 g/mol. The van der Waals surface area contributed by atoms with Gasteiger partial charge in [0.25, 0.3) is 0 Å². The van der Waals surface area contributed by atoms with Crippen LogP contribution in [0.5, 0.6) is 0 Å². The van der Waals surface area contributed by atoms with Crippen LogP contribution in [0.3, 0.4) is 0 Å².